The molecule has 0 radical (unpaired) electrons. The molecule has 3 N–H and O–H groups in total. The molecular weight excluding hydrogens is 334 g/mol. The fourth-order valence-electron chi connectivity index (χ4n) is 3.61. The van der Waals surface area contributed by atoms with Gasteiger partial charge < -0.3 is 20.3 Å². The highest BCUT2D eigenvalue weighted by molar-refractivity contribution is 7.89. The number of hydrogen-bond donors (Lipinski definition) is 3. The molecule has 3 heterocycles. The lowest BCUT2D eigenvalue weighted by molar-refractivity contribution is 0.183. The SMILES string of the molecule is Cn1cnc(S(=O)(=O)N2CC(NC(=O)O)C([C@H]3CCCCN3)C2)c1. The number of carboxylic acid groups (broad SMARTS) is 1. The minimum Gasteiger partial charge on any atom is -0.465 e. The summed E-state index contributed by atoms with van der Waals surface area (Å²) in [5.41, 5.74) is 0. The first-order chi connectivity index (χ1) is 11.4. The second-order valence-electron chi connectivity index (χ2n) is 6.48. The molecule has 1 aromatic heterocycles. The van der Waals surface area contributed by atoms with Crippen molar-refractivity contribution in [2.75, 3.05) is 19.6 Å². The molecule has 0 bridgehead atoms. The van der Waals surface area contributed by atoms with E-state index in [9.17, 15) is 13.2 Å². The molecule has 3 rings (SSSR count). The minimum absolute atomic E-state index is 0.00340. The van der Waals surface area contributed by atoms with Crippen molar-refractivity contribution >= 4 is 16.1 Å². The molecule has 134 valence electrons. The van der Waals surface area contributed by atoms with Gasteiger partial charge in [0.05, 0.1) is 12.4 Å². The van der Waals surface area contributed by atoms with Crippen molar-refractivity contribution in [2.24, 2.45) is 13.0 Å². The molecule has 0 aromatic carbocycles. The molecule has 2 unspecified atom stereocenters. The summed E-state index contributed by atoms with van der Waals surface area (Å²) in [6.45, 7) is 1.31. The Morgan fingerprint density at radius 1 is 1.42 bits per heavy atom. The summed E-state index contributed by atoms with van der Waals surface area (Å²) in [5.74, 6) is -0.0834. The zero-order valence-corrected chi connectivity index (χ0v) is 14.4. The molecule has 1 aromatic rings. The van der Waals surface area contributed by atoms with Gasteiger partial charge in [0.15, 0.2) is 5.03 Å². The predicted molar refractivity (Wildman–Crippen MR) is 86.0 cm³/mol. The number of piperidine rings is 1. The van der Waals surface area contributed by atoms with Gasteiger partial charge in [0.25, 0.3) is 10.0 Å². The van der Waals surface area contributed by atoms with E-state index < -0.39 is 22.2 Å². The maximum Gasteiger partial charge on any atom is 0.404 e. The predicted octanol–water partition coefficient (Wildman–Crippen LogP) is -0.181. The van der Waals surface area contributed by atoms with E-state index in [-0.39, 0.29) is 23.5 Å². The molecule has 0 spiro atoms. The van der Waals surface area contributed by atoms with E-state index in [1.807, 2.05) is 0 Å². The van der Waals surface area contributed by atoms with E-state index in [4.69, 9.17) is 5.11 Å². The van der Waals surface area contributed by atoms with E-state index in [1.165, 1.54) is 16.8 Å². The molecule has 3 atom stereocenters. The molecule has 9 nitrogen and oxygen atoms in total. The molecule has 2 saturated heterocycles. The highest BCUT2D eigenvalue weighted by Gasteiger charge is 2.44. The van der Waals surface area contributed by atoms with Crippen molar-refractivity contribution in [3.8, 4) is 0 Å². The van der Waals surface area contributed by atoms with Crippen LogP contribution >= 0.6 is 0 Å². The summed E-state index contributed by atoms with van der Waals surface area (Å²) in [4.78, 5) is 15.0. The Labute approximate surface area is 141 Å². The minimum atomic E-state index is -3.72. The summed E-state index contributed by atoms with van der Waals surface area (Å²) in [6.07, 6.45) is 4.87. The van der Waals surface area contributed by atoms with Gasteiger partial charge in [-0.05, 0) is 19.4 Å². The summed E-state index contributed by atoms with van der Waals surface area (Å²) in [7, 11) is -2.01. The van der Waals surface area contributed by atoms with E-state index in [0.29, 0.717) is 6.54 Å². The number of nitrogens with one attached hydrogen (secondary N) is 2. The number of aromatic nitrogens is 2. The number of rotatable bonds is 4. The molecule has 24 heavy (non-hydrogen) atoms. The fraction of sp³-hybridized carbons (Fsp3) is 0.714. The lowest BCUT2D eigenvalue weighted by Crippen LogP contribution is -2.49. The van der Waals surface area contributed by atoms with Gasteiger partial charge in [-0.25, -0.2) is 18.2 Å². The maximum atomic E-state index is 12.8. The molecule has 1 amide bonds. The Hall–Kier alpha value is -1.65. The number of hydrogen-bond acceptors (Lipinski definition) is 5. The van der Waals surface area contributed by atoms with Crippen molar-refractivity contribution in [2.45, 2.75) is 36.4 Å². The Bertz CT molecular complexity index is 698. The highest BCUT2D eigenvalue weighted by atomic mass is 32.2. The van der Waals surface area contributed by atoms with Crippen molar-refractivity contribution in [1.82, 2.24) is 24.5 Å². The van der Waals surface area contributed by atoms with Crippen LogP contribution in [-0.2, 0) is 17.1 Å². The monoisotopic (exact) mass is 357 g/mol. The van der Waals surface area contributed by atoms with Crippen LogP contribution in [0.1, 0.15) is 19.3 Å². The fourth-order valence-corrected chi connectivity index (χ4v) is 5.08. The second kappa shape index (κ2) is 6.69. The largest absolute Gasteiger partial charge is 0.465 e. The number of sulfonamides is 1. The van der Waals surface area contributed by atoms with Crippen LogP contribution in [0.5, 0.6) is 0 Å². The summed E-state index contributed by atoms with van der Waals surface area (Å²) in [6, 6.07) is -0.295. The molecule has 2 aliphatic rings. The zero-order chi connectivity index (χ0) is 17.3. The van der Waals surface area contributed by atoms with Crippen molar-refractivity contribution < 1.29 is 18.3 Å². The zero-order valence-electron chi connectivity index (χ0n) is 13.6. The van der Waals surface area contributed by atoms with E-state index in [0.717, 1.165) is 25.8 Å². The summed E-state index contributed by atoms with van der Waals surface area (Å²) < 4.78 is 28.4. The normalized spacial score (nSPS) is 28.8. The Balaban J connectivity index is 1.81. The average Bonchev–Trinajstić information content (AvgIpc) is 3.15. The van der Waals surface area contributed by atoms with E-state index >= 15 is 0 Å². The number of amides is 1. The third-order valence-electron chi connectivity index (χ3n) is 4.79. The summed E-state index contributed by atoms with van der Waals surface area (Å²) >= 11 is 0. The van der Waals surface area contributed by atoms with Crippen LogP contribution in [0.4, 0.5) is 4.79 Å². The molecule has 0 saturated carbocycles. The first-order valence-electron chi connectivity index (χ1n) is 8.09. The van der Waals surface area contributed by atoms with Crippen LogP contribution in [0.3, 0.4) is 0 Å². The number of aryl methyl sites for hydroxylation is 1. The quantitative estimate of drug-likeness (QED) is 0.688. The third-order valence-corrected chi connectivity index (χ3v) is 6.51. The van der Waals surface area contributed by atoms with Crippen LogP contribution in [0.25, 0.3) is 0 Å². The van der Waals surface area contributed by atoms with Crippen LogP contribution in [0.15, 0.2) is 17.6 Å². The van der Waals surface area contributed by atoms with Crippen LogP contribution in [0, 0.1) is 5.92 Å². The molecule has 2 aliphatic heterocycles. The van der Waals surface area contributed by atoms with Gasteiger partial charge in [0.1, 0.15) is 0 Å². The third kappa shape index (κ3) is 3.40. The Morgan fingerprint density at radius 3 is 2.79 bits per heavy atom. The lowest BCUT2D eigenvalue weighted by atomic mass is 9.88. The Morgan fingerprint density at radius 2 is 2.21 bits per heavy atom. The standard InChI is InChI=1S/C14H23N5O4S/c1-18-8-13(16-9-18)24(22,23)19-6-10(11-4-2-3-5-15-11)12(7-19)17-14(20)21/h8-12,15,17H,2-7H2,1H3,(H,20,21)/t10?,11-,12?/m1/s1. The van der Waals surface area contributed by atoms with Crippen molar-refractivity contribution in [1.29, 1.82) is 0 Å². The smallest absolute Gasteiger partial charge is 0.404 e. The molecular formula is C14H23N5O4S. The van der Waals surface area contributed by atoms with Crippen LogP contribution in [-0.4, -0.2) is 65.2 Å². The van der Waals surface area contributed by atoms with Gasteiger partial charge in [-0.1, -0.05) is 6.42 Å². The maximum absolute atomic E-state index is 12.8. The van der Waals surface area contributed by atoms with Crippen LogP contribution < -0.4 is 10.6 Å². The number of nitrogens with zero attached hydrogens (tertiary/aromatic N) is 3. The van der Waals surface area contributed by atoms with E-state index in [1.54, 1.807) is 11.6 Å². The van der Waals surface area contributed by atoms with Gasteiger partial charge in [-0.15, -0.1) is 0 Å². The molecule has 10 heteroatoms. The first-order valence-corrected chi connectivity index (χ1v) is 9.53. The average molecular weight is 357 g/mol. The second-order valence-corrected chi connectivity index (χ2v) is 8.36. The molecule has 0 aliphatic carbocycles. The topological polar surface area (TPSA) is 117 Å². The van der Waals surface area contributed by atoms with Gasteiger partial charge in [-0.2, -0.15) is 4.31 Å². The lowest BCUT2D eigenvalue weighted by Gasteiger charge is -2.31. The van der Waals surface area contributed by atoms with Gasteiger partial charge in [0.2, 0.25) is 0 Å². The van der Waals surface area contributed by atoms with Crippen LogP contribution in [0.2, 0.25) is 0 Å². The van der Waals surface area contributed by atoms with Gasteiger partial charge >= 0.3 is 6.09 Å². The Kier molecular flexibility index (Phi) is 4.79. The van der Waals surface area contributed by atoms with E-state index in [2.05, 4.69) is 15.6 Å². The van der Waals surface area contributed by atoms with Gasteiger partial charge in [-0.3, -0.25) is 0 Å². The number of carbonyl (C=O) groups is 1. The highest BCUT2D eigenvalue weighted by Crippen LogP contribution is 2.29. The van der Waals surface area contributed by atoms with Gasteiger partial charge in [0, 0.05) is 38.3 Å². The number of imidazole rings is 1. The first kappa shape index (κ1) is 17.2. The molecule has 2 fully saturated rings. The van der Waals surface area contributed by atoms with Crippen molar-refractivity contribution in [3.63, 3.8) is 0 Å². The summed E-state index contributed by atoms with van der Waals surface area (Å²) in [5, 5.41) is 15.0. The van der Waals surface area contributed by atoms with Crippen molar-refractivity contribution in [3.05, 3.63) is 12.5 Å².